The van der Waals surface area contributed by atoms with Gasteiger partial charge in [-0.15, -0.1) is 0 Å². The molecule has 1 fully saturated rings. The second-order valence-electron chi connectivity index (χ2n) is 7.13. The molecule has 0 aliphatic carbocycles. The zero-order valence-electron chi connectivity index (χ0n) is 16.9. The molecular formula is C22H25FN2O5. The number of hydrogen-bond acceptors (Lipinski definition) is 6. The van der Waals surface area contributed by atoms with Crippen LogP contribution >= 0.6 is 0 Å². The van der Waals surface area contributed by atoms with Crippen LogP contribution in [-0.2, 0) is 4.74 Å². The minimum atomic E-state index is -0.285. The Morgan fingerprint density at radius 1 is 1.13 bits per heavy atom. The average Bonchev–Trinajstić information content (AvgIpc) is 2.80. The summed E-state index contributed by atoms with van der Waals surface area (Å²) < 4.78 is 35.4. The predicted octanol–water partition coefficient (Wildman–Crippen LogP) is 2.41. The first kappa shape index (κ1) is 20.4. The lowest BCUT2D eigenvalue weighted by atomic mass is 10.0. The number of ether oxygens (including phenoxy) is 4. The first-order chi connectivity index (χ1) is 14.7. The maximum atomic E-state index is 13.4. The van der Waals surface area contributed by atoms with E-state index in [0.717, 1.165) is 18.7 Å². The Morgan fingerprint density at radius 2 is 1.87 bits per heavy atom. The van der Waals surface area contributed by atoms with Crippen molar-refractivity contribution in [2.75, 3.05) is 53.2 Å². The Hall–Kier alpha value is -2.84. The molecule has 0 aromatic heterocycles. The van der Waals surface area contributed by atoms with Crippen LogP contribution in [0.5, 0.6) is 17.2 Å². The van der Waals surface area contributed by atoms with Crippen LogP contribution in [-0.4, -0.2) is 64.0 Å². The van der Waals surface area contributed by atoms with Crippen molar-refractivity contribution in [2.45, 2.75) is 6.04 Å². The average molecular weight is 416 g/mol. The van der Waals surface area contributed by atoms with Crippen LogP contribution in [0, 0.1) is 5.82 Å². The third kappa shape index (κ3) is 4.49. The lowest BCUT2D eigenvalue weighted by molar-refractivity contribution is 0.0162. The van der Waals surface area contributed by atoms with Crippen LogP contribution in [0.25, 0.3) is 0 Å². The normalized spacial score (nSPS) is 17.3. The predicted molar refractivity (Wildman–Crippen MR) is 108 cm³/mol. The number of fused-ring (bicyclic) bond motifs is 1. The van der Waals surface area contributed by atoms with Gasteiger partial charge in [-0.1, -0.05) is 12.1 Å². The second kappa shape index (κ2) is 9.32. The van der Waals surface area contributed by atoms with Crippen LogP contribution in [0.2, 0.25) is 0 Å². The molecule has 2 aliphatic heterocycles. The Labute approximate surface area is 174 Å². The van der Waals surface area contributed by atoms with Crippen molar-refractivity contribution >= 4 is 5.91 Å². The Kier molecular flexibility index (Phi) is 6.35. The van der Waals surface area contributed by atoms with Gasteiger partial charge in [0.05, 0.1) is 26.4 Å². The summed E-state index contributed by atoms with van der Waals surface area (Å²) in [5, 5.41) is 3.00. The highest BCUT2D eigenvalue weighted by Gasteiger charge is 2.25. The van der Waals surface area contributed by atoms with E-state index in [4.69, 9.17) is 18.9 Å². The fourth-order valence-corrected chi connectivity index (χ4v) is 3.73. The number of rotatable bonds is 6. The van der Waals surface area contributed by atoms with Gasteiger partial charge in [0.15, 0.2) is 11.5 Å². The number of halogens is 1. The molecule has 2 aliphatic rings. The molecule has 1 atom stereocenters. The maximum absolute atomic E-state index is 13.4. The number of carbonyl (C=O) groups excluding carboxylic acids is 1. The van der Waals surface area contributed by atoms with E-state index in [9.17, 15) is 9.18 Å². The van der Waals surface area contributed by atoms with Crippen LogP contribution in [0.3, 0.4) is 0 Å². The molecule has 1 saturated heterocycles. The van der Waals surface area contributed by atoms with E-state index in [-0.39, 0.29) is 17.8 Å². The van der Waals surface area contributed by atoms with E-state index in [1.807, 2.05) is 0 Å². The molecule has 7 nitrogen and oxygen atoms in total. The second-order valence-corrected chi connectivity index (χ2v) is 7.13. The van der Waals surface area contributed by atoms with Gasteiger partial charge in [-0.2, -0.15) is 0 Å². The number of benzene rings is 2. The molecule has 1 unspecified atom stereocenters. The maximum Gasteiger partial charge on any atom is 0.251 e. The standard InChI is InChI=1S/C22H25FN2O5/c1-27-19-12-16(13-20-21(19)30-11-10-29-20)22(26)24-14-18(25-6-8-28-9-7-25)15-2-4-17(23)5-3-15/h2-5,12-13,18H,6-11,14H2,1H3,(H,24,26). The number of nitrogens with zero attached hydrogens (tertiary/aromatic N) is 1. The third-order valence-corrected chi connectivity index (χ3v) is 5.29. The summed E-state index contributed by atoms with van der Waals surface area (Å²) in [6, 6.07) is 9.62. The van der Waals surface area contributed by atoms with E-state index in [1.165, 1.54) is 19.2 Å². The highest BCUT2D eigenvalue weighted by molar-refractivity contribution is 5.95. The molecule has 0 saturated carbocycles. The lowest BCUT2D eigenvalue weighted by Gasteiger charge is -2.35. The monoisotopic (exact) mass is 416 g/mol. The number of nitrogens with one attached hydrogen (secondary N) is 1. The van der Waals surface area contributed by atoms with Crippen LogP contribution in [0.4, 0.5) is 4.39 Å². The van der Waals surface area contributed by atoms with Gasteiger partial charge < -0.3 is 24.3 Å². The van der Waals surface area contributed by atoms with Crippen molar-refractivity contribution < 1.29 is 28.1 Å². The fourth-order valence-electron chi connectivity index (χ4n) is 3.73. The number of carbonyl (C=O) groups is 1. The van der Waals surface area contributed by atoms with E-state index >= 15 is 0 Å². The third-order valence-electron chi connectivity index (χ3n) is 5.29. The molecule has 0 radical (unpaired) electrons. The van der Waals surface area contributed by atoms with Crippen molar-refractivity contribution in [1.82, 2.24) is 10.2 Å². The van der Waals surface area contributed by atoms with Crippen molar-refractivity contribution in [3.8, 4) is 17.2 Å². The molecule has 1 amide bonds. The van der Waals surface area contributed by atoms with Crippen LogP contribution in [0.1, 0.15) is 22.0 Å². The summed E-state index contributed by atoms with van der Waals surface area (Å²) in [5.41, 5.74) is 1.37. The summed E-state index contributed by atoms with van der Waals surface area (Å²) in [7, 11) is 1.53. The van der Waals surface area contributed by atoms with Gasteiger partial charge in [-0.25, -0.2) is 4.39 Å². The van der Waals surface area contributed by atoms with Gasteiger partial charge in [0, 0.05) is 25.2 Å². The zero-order chi connectivity index (χ0) is 20.9. The van der Waals surface area contributed by atoms with E-state index in [1.54, 1.807) is 24.3 Å². The van der Waals surface area contributed by atoms with Crippen molar-refractivity contribution in [1.29, 1.82) is 0 Å². The molecule has 2 aromatic rings. The molecule has 1 N–H and O–H groups in total. The molecular weight excluding hydrogens is 391 g/mol. The van der Waals surface area contributed by atoms with Gasteiger partial charge in [0.1, 0.15) is 19.0 Å². The number of amides is 1. The molecule has 0 bridgehead atoms. The summed E-state index contributed by atoms with van der Waals surface area (Å²) in [6.45, 7) is 3.99. The van der Waals surface area contributed by atoms with Gasteiger partial charge in [0.25, 0.3) is 5.91 Å². The van der Waals surface area contributed by atoms with Gasteiger partial charge >= 0.3 is 0 Å². The minimum Gasteiger partial charge on any atom is -0.493 e. The van der Waals surface area contributed by atoms with Gasteiger partial charge in [-0.05, 0) is 29.8 Å². The first-order valence-electron chi connectivity index (χ1n) is 9.99. The molecule has 8 heteroatoms. The Morgan fingerprint density at radius 3 is 2.60 bits per heavy atom. The molecule has 2 aromatic carbocycles. The molecule has 2 heterocycles. The van der Waals surface area contributed by atoms with Crippen molar-refractivity contribution in [3.63, 3.8) is 0 Å². The molecule has 4 rings (SSSR count). The lowest BCUT2D eigenvalue weighted by Crippen LogP contribution is -2.43. The highest BCUT2D eigenvalue weighted by Crippen LogP contribution is 2.40. The number of morpholine rings is 1. The molecule has 0 spiro atoms. The van der Waals surface area contributed by atoms with E-state index in [0.29, 0.717) is 55.8 Å². The topological polar surface area (TPSA) is 69.3 Å². The fraction of sp³-hybridized carbons (Fsp3) is 0.409. The van der Waals surface area contributed by atoms with E-state index < -0.39 is 0 Å². The van der Waals surface area contributed by atoms with Gasteiger partial charge in [0.2, 0.25) is 5.75 Å². The number of hydrogen-bond donors (Lipinski definition) is 1. The Bertz CT molecular complexity index is 867. The minimum absolute atomic E-state index is 0.0856. The molecule has 30 heavy (non-hydrogen) atoms. The summed E-state index contributed by atoms with van der Waals surface area (Å²) in [4.78, 5) is 15.1. The highest BCUT2D eigenvalue weighted by atomic mass is 19.1. The summed E-state index contributed by atoms with van der Waals surface area (Å²) in [5.74, 6) is 0.935. The SMILES string of the molecule is COc1cc(C(=O)NCC(c2ccc(F)cc2)N2CCOCC2)cc2c1OCCO2. The van der Waals surface area contributed by atoms with Gasteiger partial charge in [-0.3, -0.25) is 9.69 Å². The first-order valence-corrected chi connectivity index (χ1v) is 9.99. The summed E-state index contributed by atoms with van der Waals surface area (Å²) >= 11 is 0. The zero-order valence-corrected chi connectivity index (χ0v) is 16.9. The molecule has 160 valence electrons. The largest absolute Gasteiger partial charge is 0.493 e. The quantitative estimate of drug-likeness (QED) is 0.780. The van der Waals surface area contributed by atoms with Crippen LogP contribution < -0.4 is 19.5 Å². The summed E-state index contributed by atoms with van der Waals surface area (Å²) in [6.07, 6.45) is 0. The smallest absolute Gasteiger partial charge is 0.251 e. The van der Waals surface area contributed by atoms with Crippen LogP contribution in [0.15, 0.2) is 36.4 Å². The van der Waals surface area contributed by atoms with Crippen molar-refractivity contribution in [2.24, 2.45) is 0 Å². The number of methoxy groups -OCH3 is 1. The van der Waals surface area contributed by atoms with Crippen molar-refractivity contribution in [3.05, 3.63) is 53.3 Å². The van der Waals surface area contributed by atoms with E-state index in [2.05, 4.69) is 10.2 Å². The Balaban J connectivity index is 1.51.